The third-order valence-electron chi connectivity index (χ3n) is 5.54. The van der Waals surface area contributed by atoms with E-state index in [1.807, 2.05) is 24.3 Å². The Labute approximate surface area is 195 Å². The van der Waals surface area contributed by atoms with Crippen LogP contribution in [0.4, 0.5) is 4.79 Å². The molecule has 0 radical (unpaired) electrons. The molecule has 3 aromatic rings. The summed E-state index contributed by atoms with van der Waals surface area (Å²) in [4.78, 5) is 35.0. The highest BCUT2D eigenvalue weighted by Gasteiger charge is 2.29. The number of carboxylic acids is 1. The summed E-state index contributed by atoms with van der Waals surface area (Å²) in [6, 6.07) is 15.7. The summed E-state index contributed by atoms with van der Waals surface area (Å²) >= 11 is 0. The van der Waals surface area contributed by atoms with Crippen molar-refractivity contribution in [1.82, 2.24) is 25.6 Å². The van der Waals surface area contributed by atoms with Crippen LogP contribution in [0.5, 0.6) is 0 Å². The molecule has 3 N–H and O–H groups in total. The van der Waals surface area contributed by atoms with Crippen LogP contribution in [0.3, 0.4) is 0 Å². The predicted octanol–water partition coefficient (Wildman–Crippen LogP) is 2.30. The van der Waals surface area contributed by atoms with Gasteiger partial charge in [-0.2, -0.15) is 0 Å². The molecule has 0 saturated heterocycles. The molecule has 1 aliphatic carbocycles. The molecule has 176 valence electrons. The smallest absolute Gasteiger partial charge is 0.407 e. The number of fused-ring (bicyclic) bond motifs is 3. The summed E-state index contributed by atoms with van der Waals surface area (Å²) < 4.78 is 6.81. The van der Waals surface area contributed by atoms with Crippen LogP contribution in [-0.2, 0) is 27.4 Å². The molecule has 2 aromatic carbocycles. The van der Waals surface area contributed by atoms with Crippen LogP contribution in [-0.4, -0.2) is 50.7 Å². The lowest BCUT2D eigenvalue weighted by atomic mass is 9.98. The number of rotatable bonds is 9. The Morgan fingerprint density at radius 1 is 1.09 bits per heavy atom. The lowest BCUT2D eigenvalue weighted by Crippen LogP contribution is -2.36. The molecule has 34 heavy (non-hydrogen) atoms. The van der Waals surface area contributed by atoms with Crippen molar-refractivity contribution < 1.29 is 24.2 Å². The standard InChI is InChI=1S/C24H25N5O5/c1-15(10-23(31)32)26-22(30)13-29-12-16(27-28-29)11-25-24(33)34-14-21-19-8-4-2-6-17(19)18-7-3-5-9-20(18)21/h2-9,12,15,21H,10-11,13-14H2,1H3,(H,25,33)(H,26,30)(H,31,32). The van der Waals surface area contributed by atoms with Gasteiger partial charge in [-0.15, -0.1) is 5.10 Å². The van der Waals surface area contributed by atoms with E-state index in [1.165, 1.54) is 10.9 Å². The number of benzene rings is 2. The first-order valence-electron chi connectivity index (χ1n) is 10.9. The van der Waals surface area contributed by atoms with Crippen molar-refractivity contribution in [2.75, 3.05) is 6.61 Å². The average molecular weight is 463 g/mol. The number of aliphatic carboxylic acids is 1. The van der Waals surface area contributed by atoms with Gasteiger partial charge in [-0.1, -0.05) is 53.7 Å². The van der Waals surface area contributed by atoms with Crippen LogP contribution in [0.25, 0.3) is 11.1 Å². The van der Waals surface area contributed by atoms with Crippen LogP contribution in [0.15, 0.2) is 54.7 Å². The first-order chi connectivity index (χ1) is 16.4. The largest absolute Gasteiger partial charge is 0.481 e. The molecule has 0 bridgehead atoms. The van der Waals surface area contributed by atoms with E-state index in [9.17, 15) is 14.4 Å². The van der Waals surface area contributed by atoms with Gasteiger partial charge < -0.3 is 20.5 Å². The van der Waals surface area contributed by atoms with Gasteiger partial charge >= 0.3 is 12.1 Å². The zero-order valence-electron chi connectivity index (χ0n) is 18.6. The predicted molar refractivity (Wildman–Crippen MR) is 122 cm³/mol. The van der Waals surface area contributed by atoms with Crippen molar-refractivity contribution >= 4 is 18.0 Å². The summed E-state index contributed by atoms with van der Waals surface area (Å²) in [5, 5.41) is 21.8. The number of nitrogens with zero attached hydrogens (tertiary/aromatic N) is 3. The monoisotopic (exact) mass is 463 g/mol. The third-order valence-corrected chi connectivity index (χ3v) is 5.54. The number of carboxylic acid groups (broad SMARTS) is 1. The molecule has 1 aromatic heterocycles. The molecule has 10 nitrogen and oxygen atoms in total. The van der Waals surface area contributed by atoms with Gasteiger partial charge in [-0.25, -0.2) is 9.48 Å². The molecule has 1 heterocycles. The second kappa shape index (κ2) is 10.2. The minimum atomic E-state index is -0.991. The summed E-state index contributed by atoms with van der Waals surface area (Å²) in [6.07, 6.45) is 0.792. The Hall–Kier alpha value is -4.21. The average Bonchev–Trinajstić information content (AvgIpc) is 3.37. The Balaban J connectivity index is 1.26. The molecule has 2 amide bonds. The van der Waals surface area contributed by atoms with E-state index in [0.29, 0.717) is 5.69 Å². The van der Waals surface area contributed by atoms with Gasteiger partial charge in [-0.05, 0) is 29.2 Å². The van der Waals surface area contributed by atoms with Crippen molar-refractivity contribution in [2.24, 2.45) is 0 Å². The maximum Gasteiger partial charge on any atom is 0.407 e. The van der Waals surface area contributed by atoms with Gasteiger partial charge in [0.1, 0.15) is 18.8 Å². The van der Waals surface area contributed by atoms with Gasteiger partial charge in [0.05, 0.1) is 19.2 Å². The van der Waals surface area contributed by atoms with E-state index in [0.717, 1.165) is 22.3 Å². The van der Waals surface area contributed by atoms with Gasteiger partial charge in [0.2, 0.25) is 5.91 Å². The fourth-order valence-corrected chi connectivity index (χ4v) is 4.09. The number of aromatic nitrogens is 3. The Bertz CT molecular complexity index is 1160. The normalized spacial score (nSPS) is 13.0. The lowest BCUT2D eigenvalue weighted by molar-refractivity contribution is -0.137. The van der Waals surface area contributed by atoms with E-state index < -0.39 is 18.1 Å². The van der Waals surface area contributed by atoms with E-state index in [2.05, 4.69) is 45.2 Å². The first kappa shape index (κ1) is 23.0. The fraction of sp³-hybridized carbons (Fsp3) is 0.292. The van der Waals surface area contributed by atoms with E-state index in [1.54, 1.807) is 6.92 Å². The number of amides is 2. The van der Waals surface area contributed by atoms with Crippen molar-refractivity contribution in [1.29, 1.82) is 0 Å². The maximum atomic E-state index is 12.3. The van der Waals surface area contributed by atoms with Crippen LogP contribution in [0.1, 0.15) is 36.1 Å². The summed E-state index contributed by atoms with van der Waals surface area (Å²) in [6.45, 7) is 1.80. The molecule has 0 saturated carbocycles. The minimum Gasteiger partial charge on any atom is -0.481 e. The maximum absolute atomic E-state index is 12.3. The molecule has 1 atom stereocenters. The van der Waals surface area contributed by atoms with Crippen molar-refractivity contribution in [2.45, 2.75) is 38.4 Å². The van der Waals surface area contributed by atoms with Crippen LogP contribution >= 0.6 is 0 Å². The van der Waals surface area contributed by atoms with Gasteiger partial charge in [0, 0.05) is 12.0 Å². The highest BCUT2D eigenvalue weighted by molar-refractivity contribution is 5.79. The molecule has 0 fully saturated rings. The number of carbonyl (C=O) groups excluding carboxylic acids is 2. The number of hydrogen-bond acceptors (Lipinski definition) is 6. The molecule has 4 rings (SSSR count). The number of hydrogen-bond donors (Lipinski definition) is 3. The topological polar surface area (TPSA) is 135 Å². The molecule has 1 aliphatic rings. The van der Waals surface area contributed by atoms with E-state index in [-0.39, 0.29) is 37.9 Å². The second-order valence-electron chi connectivity index (χ2n) is 8.15. The van der Waals surface area contributed by atoms with Crippen molar-refractivity contribution in [3.63, 3.8) is 0 Å². The number of ether oxygens (including phenoxy) is 1. The minimum absolute atomic E-state index is 0.0268. The number of alkyl carbamates (subject to hydrolysis) is 1. The van der Waals surface area contributed by atoms with Crippen molar-refractivity contribution in [3.05, 3.63) is 71.5 Å². The first-order valence-corrected chi connectivity index (χ1v) is 10.9. The summed E-state index contributed by atoms with van der Waals surface area (Å²) in [5.41, 5.74) is 5.04. The zero-order chi connectivity index (χ0) is 24.1. The van der Waals surface area contributed by atoms with Gasteiger partial charge in [0.25, 0.3) is 0 Å². The molecule has 0 aliphatic heterocycles. The van der Waals surface area contributed by atoms with Crippen molar-refractivity contribution in [3.8, 4) is 11.1 Å². The van der Waals surface area contributed by atoms with Crippen LogP contribution in [0, 0.1) is 0 Å². The SMILES string of the molecule is CC(CC(=O)O)NC(=O)Cn1cc(CNC(=O)OCC2c3ccccc3-c3ccccc32)nn1. The number of nitrogens with one attached hydrogen (secondary N) is 2. The van der Waals surface area contributed by atoms with E-state index in [4.69, 9.17) is 9.84 Å². The molecular formula is C24H25N5O5. The molecule has 10 heteroatoms. The highest BCUT2D eigenvalue weighted by atomic mass is 16.5. The van der Waals surface area contributed by atoms with E-state index >= 15 is 0 Å². The third kappa shape index (κ3) is 5.40. The molecular weight excluding hydrogens is 438 g/mol. The second-order valence-corrected chi connectivity index (χ2v) is 8.15. The zero-order valence-corrected chi connectivity index (χ0v) is 18.6. The van der Waals surface area contributed by atoms with Crippen LogP contribution < -0.4 is 10.6 Å². The fourth-order valence-electron chi connectivity index (χ4n) is 4.09. The van der Waals surface area contributed by atoms with Crippen LogP contribution in [0.2, 0.25) is 0 Å². The van der Waals surface area contributed by atoms with Gasteiger partial charge in [0.15, 0.2) is 0 Å². The Kier molecular flexibility index (Phi) is 6.86. The summed E-state index contributed by atoms with van der Waals surface area (Å²) in [7, 11) is 0. The Morgan fingerprint density at radius 2 is 1.74 bits per heavy atom. The van der Waals surface area contributed by atoms with Gasteiger partial charge in [-0.3, -0.25) is 9.59 Å². The summed E-state index contributed by atoms with van der Waals surface area (Å²) in [5.74, 6) is -1.40. The Morgan fingerprint density at radius 3 is 2.38 bits per heavy atom. The molecule has 0 spiro atoms. The highest BCUT2D eigenvalue weighted by Crippen LogP contribution is 2.44. The lowest BCUT2D eigenvalue weighted by Gasteiger charge is -2.14. The quantitative estimate of drug-likeness (QED) is 0.443. The number of carbonyl (C=O) groups is 3. The molecule has 1 unspecified atom stereocenters.